The van der Waals surface area contributed by atoms with E-state index < -0.39 is 5.60 Å². The average Bonchev–Trinajstić information content (AvgIpc) is 2.42. The Labute approximate surface area is 135 Å². The van der Waals surface area contributed by atoms with Gasteiger partial charge in [-0.05, 0) is 58.4 Å². The molecule has 1 heterocycles. The van der Waals surface area contributed by atoms with Crippen LogP contribution in [0.1, 0.15) is 53.9 Å². The molecule has 1 rings (SSSR count). The van der Waals surface area contributed by atoms with E-state index in [0.29, 0.717) is 17.9 Å². The summed E-state index contributed by atoms with van der Waals surface area (Å²) in [6.07, 6.45) is 2.68. The Morgan fingerprint density at radius 1 is 1.32 bits per heavy atom. The Hall–Kier alpha value is -0.810. The van der Waals surface area contributed by atoms with Crippen molar-refractivity contribution in [3.05, 3.63) is 0 Å². The number of piperidine rings is 1. The van der Waals surface area contributed by atoms with E-state index in [1.165, 1.54) is 0 Å². The smallest absolute Gasteiger partial charge is 0.410 e. The number of carbonyl (C=O) groups is 1. The van der Waals surface area contributed by atoms with Crippen LogP contribution in [0.5, 0.6) is 0 Å². The first-order valence-corrected chi connectivity index (χ1v) is 8.55. The lowest BCUT2D eigenvalue weighted by molar-refractivity contribution is 0.0137. The fraction of sp³-hybridized carbons (Fsp3) is 0.941. The molecule has 1 fully saturated rings. The Morgan fingerprint density at radius 2 is 1.91 bits per heavy atom. The van der Waals surface area contributed by atoms with E-state index in [-0.39, 0.29) is 12.7 Å². The molecule has 0 radical (unpaired) electrons. The number of aliphatic hydroxyl groups excluding tert-OH is 1. The van der Waals surface area contributed by atoms with Gasteiger partial charge in [0, 0.05) is 25.7 Å². The molecule has 0 saturated carbocycles. The third-order valence-electron chi connectivity index (χ3n) is 4.16. The van der Waals surface area contributed by atoms with Crippen molar-refractivity contribution >= 4 is 6.09 Å². The Kier molecular flexibility index (Phi) is 7.63. The number of amides is 1. The van der Waals surface area contributed by atoms with Crippen molar-refractivity contribution in [3.8, 4) is 0 Å². The van der Waals surface area contributed by atoms with E-state index >= 15 is 0 Å². The van der Waals surface area contributed by atoms with Gasteiger partial charge in [0.05, 0.1) is 0 Å². The van der Waals surface area contributed by atoms with Crippen molar-refractivity contribution in [2.24, 2.45) is 11.8 Å². The zero-order valence-electron chi connectivity index (χ0n) is 14.9. The topological polar surface area (TPSA) is 61.8 Å². The lowest BCUT2D eigenvalue weighted by Gasteiger charge is -2.36. The fourth-order valence-electron chi connectivity index (χ4n) is 2.91. The van der Waals surface area contributed by atoms with Crippen molar-refractivity contribution in [1.29, 1.82) is 0 Å². The van der Waals surface area contributed by atoms with Crippen LogP contribution in [0.25, 0.3) is 0 Å². The second-order valence-corrected chi connectivity index (χ2v) is 7.64. The van der Waals surface area contributed by atoms with Crippen LogP contribution in [0.3, 0.4) is 0 Å². The highest BCUT2D eigenvalue weighted by molar-refractivity contribution is 5.68. The summed E-state index contributed by atoms with van der Waals surface area (Å²) in [5.41, 5.74) is -0.440. The third-order valence-corrected chi connectivity index (χ3v) is 4.16. The number of nitrogens with zero attached hydrogens (tertiary/aromatic N) is 1. The minimum Gasteiger partial charge on any atom is -0.444 e. The Morgan fingerprint density at radius 3 is 2.36 bits per heavy atom. The maximum Gasteiger partial charge on any atom is 0.410 e. The SMILES string of the molecule is CC(C)NCCC(CO)C1CCN(C(=O)OC(C)(C)C)CC1. The van der Waals surface area contributed by atoms with Gasteiger partial charge in [-0.25, -0.2) is 4.79 Å². The van der Waals surface area contributed by atoms with Gasteiger partial charge in [-0.1, -0.05) is 13.8 Å². The van der Waals surface area contributed by atoms with Crippen LogP contribution in [0.2, 0.25) is 0 Å². The summed E-state index contributed by atoms with van der Waals surface area (Å²) < 4.78 is 5.42. The summed E-state index contributed by atoms with van der Waals surface area (Å²) in [4.78, 5) is 13.8. The van der Waals surface area contributed by atoms with Crippen molar-refractivity contribution in [3.63, 3.8) is 0 Å². The van der Waals surface area contributed by atoms with Crippen LogP contribution >= 0.6 is 0 Å². The molecule has 22 heavy (non-hydrogen) atoms. The summed E-state index contributed by atoms with van der Waals surface area (Å²) in [6, 6.07) is 0.480. The van der Waals surface area contributed by atoms with Gasteiger partial charge in [0.25, 0.3) is 0 Å². The molecule has 0 aromatic heterocycles. The van der Waals surface area contributed by atoms with Crippen molar-refractivity contribution < 1.29 is 14.6 Å². The number of hydrogen-bond donors (Lipinski definition) is 2. The van der Waals surface area contributed by atoms with Gasteiger partial charge >= 0.3 is 6.09 Å². The lowest BCUT2D eigenvalue weighted by atomic mass is 9.83. The molecule has 0 aliphatic carbocycles. The number of likely N-dealkylation sites (tertiary alicyclic amines) is 1. The van der Waals surface area contributed by atoms with Crippen LogP contribution in [0.15, 0.2) is 0 Å². The van der Waals surface area contributed by atoms with Crippen LogP contribution < -0.4 is 5.32 Å². The standard InChI is InChI=1S/C17H34N2O3/c1-13(2)18-9-6-15(12-20)14-7-10-19(11-8-14)16(21)22-17(3,4)5/h13-15,18,20H,6-12H2,1-5H3. The van der Waals surface area contributed by atoms with Crippen LogP contribution in [-0.4, -0.2) is 54.0 Å². The van der Waals surface area contributed by atoms with E-state index in [0.717, 1.165) is 38.9 Å². The summed E-state index contributed by atoms with van der Waals surface area (Å²) in [5.74, 6) is 0.824. The minimum atomic E-state index is -0.440. The molecule has 1 unspecified atom stereocenters. The molecule has 2 N–H and O–H groups in total. The van der Waals surface area contributed by atoms with Crippen molar-refractivity contribution in [1.82, 2.24) is 10.2 Å². The molecule has 1 amide bonds. The first-order valence-electron chi connectivity index (χ1n) is 8.55. The first kappa shape index (κ1) is 19.2. The second-order valence-electron chi connectivity index (χ2n) is 7.64. The van der Waals surface area contributed by atoms with Crippen LogP contribution in [-0.2, 0) is 4.74 Å². The third kappa shape index (κ3) is 6.97. The predicted molar refractivity (Wildman–Crippen MR) is 88.9 cm³/mol. The maximum atomic E-state index is 12.1. The van der Waals surface area contributed by atoms with Crippen LogP contribution in [0.4, 0.5) is 4.79 Å². The number of carbonyl (C=O) groups excluding carboxylic acids is 1. The Bertz CT molecular complexity index is 331. The largest absolute Gasteiger partial charge is 0.444 e. The van der Waals surface area contributed by atoms with E-state index in [4.69, 9.17) is 4.74 Å². The quantitative estimate of drug-likeness (QED) is 0.791. The van der Waals surface area contributed by atoms with Gasteiger partial charge in [0.1, 0.15) is 5.60 Å². The van der Waals surface area contributed by atoms with Gasteiger partial charge in [0.15, 0.2) is 0 Å². The summed E-state index contributed by atoms with van der Waals surface area (Å²) in [6.45, 7) is 12.6. The van der Waals surface area contributed by atoms with Crippen molar-refractivity contribution in [2.45, 2.75) is 65.5 Å². The molecular weight excluding hydrogens is 280 g/mol. The fourth-order valence-corrected chi connectivity index (χ4v) is 2.91. The predicted octanol–water partition coefficient (Wildman–Crippen LogP) is 2.63. The lowest BCUT2D eigenvalue weighted by Crippen LogP contribution is -2.43. The van der Waals surface area contributed by atoms with Gasteiger partial charge in [0.2, 0.25) is 0 Å². The zero-order chi connectivity index (χ0) is 16.8. The van der Waals surface area contributed by atoms with E-state index in [2.05, 4.69) is 19.2 Å². The number of ether oxygens (including phenoxy) is 1. The zero-order valence-corrected chi connectivity index (χ0v) is 14.9. The monoisotopic (exact) mass is 314 g/mol. The molecule has 0 spiro atoms. The first-order chi connectivity index (χ1) is 10.2. The number of nitrogens with one attached hydrogen (secondary N) is 1. The van der Waals surface area contributed by atoms with E-state index in [1.807, 2.05) is 20.8 Å². The average molecular weight is 314 g/mol. The highest BCUT2D eigenvalue weighted by Gasteiger charge is 2.30. The number of aliphatic hydroxyl groups is 1. The van der Waals surface area contributed by atoms with Gasteiger partial charge < -0.3 is 20.1 Å². The maximum absolute atomic E-state index is 12.1. The number of rotatable bonds is 6. The molecule has 130 valence electrons. The van der Waals surface area contributed by atoms with E-state index in [1.54, 1.807) is 4.90 Å². The molecule has 0 aromatic carbocycles. The van der Waals surface area contributed by atoms with Crippen LogP contribution in [0, 0.1) is 11.8 Å². The van der Waals surface area contributed by atoms with Gasteiger partial charge in [-0.15, -0.1) is 0 Å². The molecule has 1 aliphatic heterocycles. The molecule has 0 aromatic rings. The molecule has 1 saturated heterocycles. The highest BCUT2D eigenvalue weighted by Crippen LogP contribution is 2.27. The van der Waals surface area contributed by atoms with Gasteiger partial charge in [-0.2, -0.15) is 0 Å². The van der Waals surface area contributed by atoms with E-state index in [9.17, 15) is 9.90 Å². The molecule has 5 nitrogen and oxygen atoms in total. The normalized spacial score (nSPS) is 18.6. The van der Waals surface area contributed by atoms with Gasteiger partial charge in [-0.3, -0.25) is 0 Å². The molecular formula is C17H34N2O3. The van der Waals surface area contributed by atoms with Crippen molar-refractivity contribution in [2.75, 3.05) is 26.2 Å². The molecule has 5 heteroatoms. The molecule has 0 bridgehead atoms. The Balaban J connectivity index is 2.37. The summed E-state index contributed by atoms with van der Waals surface area (Å²) in [5, 5.41) is 13.0. The minimum absolute atomic E-state index is 0.215. The second kappa shape index (κ2) is 8.73. The summed E-state index contributed by atoms with van der Waals surface area (Å²) in [7, 11) is 0. The molecule has 1 atom stereocenters. The number of hydrogen-bond acceptors (Lipinski definition) is 4. The molecule has 1 aliphatic rings. The summed E-state index contributed by atoms with van der Waals surface area (Å²) >= 11 is 0. The highest BCUT2D eigenvalue weighted by atomic mass is 16.6.